The molecule has 1 N–H and O–H groups in total. The van der Waals surface area contributed by atoms with Crippen molar-refractivity contribution in [2.45, 2.75) is 30.9 Å². The van der Waals surface area contributed by atoms with Crippen molar-refractivity contribution in [2.24, 2.45) is 5.92 Å². The van der Waals surface area contributed by atoms with Crippen molar-refractivity contribution in [3.63, 3.8) is 0 Å². The molecule has 0 unspecified atom stereocenters. The van der Waals surface area contributed by atoms with Crippen LogP contribution in [0.3, 0.4) is 0 Å². The van der Waals surface area contributed by atoms with Gasteiger partial charge in [0, 0.05) is 11.8 Å². The molecule has 0 aromatic carbocycles. The highest BCUT2D eigenvalue weighted by Crippen LogP contribution is 2.34. The van der Waals surface area contributed by atoms with Crippen LogP contribution in [0.5, 0.6) is 0 Å². The zero-order valence-electron chi connectivity index (χ0n) is 7.21. The van der Waals surface area contributed by atoms with Crippen LogP contribution in [-0.2, 0) is 4.79 Å². The highest BCUT2D eigenvalue weighted by atomic mass is 32.2. The minimum atomic E-state index is 0.217. The van der Waals surface area contributed by atoms with Gasteiger partial charge in [0.15, 0.2) is 0 Å². The second-order valence-electron chi connectivity index (χ2n) is 3.70. The molecule has 0 bridgehead atoms. The average molecular weight is 185 g/mol. The van der Waals surface area contributed by atoms with Crippen molar-refractivity contribution < 1.29 is 4.79 Å². The van der Waals surface area contributed by atoms with E-state index in [9.17, 15) is 4.79 Å². The molecule has 3 heteroatoms. The van der Waals surface area contributed by atoms with Crippen LogP contribution in [0, 0.1) is 5.92 Å². The second-order valence-corrected chi connectivity index (χ2v) is 4.93. The summed E-state index contributed by atoms with van der Waals surface area (Å²) >= 11 is 1.86. The van der Waals surface area contributed by atoms with Crippen LogP contribution in [-0.4, -0.2) is 23.5 Å². The maximum Gasteiger partial charge on any atom is 0.230 e. The summed E-state index contributed by atoms with van der Waals surface area (Å²) in [4.78, 5) is 10.9. The normalized spacial score (nSPS) is 32.0. The molecule has 2 rings (SSSR count). The highest BCUT2D eigenvalue weighted by Gasteiger charge is 2.28. The fourth-order valence-corrected chi connectivity index (χ4v) is 3.35. The first-order chi connectivity index (χ1) is 5.86. The van der Waals surface area contributed by atoms with E-state index in [4.69, 9.17) is 0 Å². The van der Waals surface area contributed by atoms with Crippen molar-refractivity contribution in [2.75, 3.05) is 12.3 Å². The Bertz CT molecular complexity index is 167. The molecular formula is C9H15NOS. The number of thioether (sulfide) groups is 1. The van der Waals surface area contributed by atoms with Crippen LogP contribution in [0.25, 0.3) is 0 Å². The molecule has 2 aliphatic rings. The fraction of sp³-hybridized carbons (Fsp3) is 0.889. The smallest absolute Gasteiger partial charge is 0.230 e. The number of carbonyl (C=O) groups is 1. The zero-order chi connectivity index (χ0) is 8.39. The monoisotopic (exact) mass is 185 g/mol. The summed E-state index contributed by atoms with van der Waals surface area (Å²) in [6.45, 7) is 0.911. The van der Waals surface area contributed by atoms with Gasteiger partial charge in [0.1, 0.15) is 0 Å². The maximum atomic E-state index is 10.9. The molecule has 1 aliphatic heterocycles. The molecular weight excluding hydrogens is 170 g/mol. The van der Waals surface area contributed by atoms with E-state index in [1.807, 2.05) is 11.8 Å². The number of carbonyl (C=O) groups excluding carboxylic acids is 1. The average Bonchev–Trinajstić information content (AvgIpc) is 2.58. The summed E-state index contributed by atoms with van der Waals surface area (Å²) in [6, 6.07) is 0. The Kier molecular flexibility index (Phi) is 2.59. The number of hydrogen-bond donors (Lipinski definition) is 1. The van der Waals surface area contributed by atoms with Gasteiger partial charge in [0.2, 0.25) is 5.91 Å². The molecule has 1 atom stereocenters. The van der Waals surface area contributed by atoms with Crippen molar-refractivity contribution in [3.8, 4) is 0 Å². The molecule has 1 saturated heterocycles. The first kappa shape index (κ1) is 8.42. The summed E-state index contributed by atoms with van der Waals surface area (Å²) in [6.07, 6.45) is 5.56. The number of hydrogen-bond acceptors (Lipinski definition) is 2. The molecule has 1 saturated carbocycles. The van der Waals surface area contributed by atoms with Gasteiger partial charge in [-0.3, -0.25) is 4.79 Å². The standard InChI is InChI=1S/C9H15NOS/c11-9-6-12-8(5-10-9)7-3-1-2-4-7/h7-8H,1-6H2,(H,10,11)/t8-/m1/s1. The van der Waals surface area contributed by atoms with Gasteiger partial charge in [-0.15, -0.1) is 11.8 Å². The molecule has 1 heterocycles. The molecule has 1 aliphatic carbocycles. The van der Waals surface area contributed by atoms with Crippen molar-refractivity contribution >= 4 is 17.7 Å². The lowest BCUT2D eigenvalue weighted by molar-refractivity contribution is -0.118. The third-order valence-corrected chi connectivity index (χ3v) is 4.26. The summed E-state index contributed by atoms with van der Waals surface area (Å²) in [5.41, 5.74) is 0. The fourth-order valence-electron chi connectivity index (χ4n) is 2.14. The Hall–Kier alpha value is -0.180. The maximum absolute atomic E-state index is 10.9. The van der Waals surface area contributed by atoms with Gasteiger partial charge in [0.05, 0.1) is 5.75 Å². The SMILES string of the molecule is O=C1CS[C@@H](C2CCCC2)CN1. The van der Waals surface area contributed by atoms with Gasteiger partial charge in [0.25, 0.3) is 0 Å². The molecule has 2 nitrogen and oxygen atoms in total. The number of nitrogens with one attached hydrogen (secondary N) is 1. The minimum Gasteiger partial charge on any atom is -0.354 e. The quantitative estimate of drug-likeness (QED) is 0.669. The van der Waals surface area contributed by atoms with E-state index in [1.54, 1.807) is 0 Å². The van der Waals surface area contributed by atoms with Crippen molar-refractivity contribution in [1.82, 2.24) is 5.32 Å². The third-order valence-electron chi connectivity index (χ3n) is 2.85. The predicted octanol–water partition coefficient (Wildman–Crippen LogP) is 1.41. The van der Waals surface area contributed by atoms with E-state index < -0.39 is 0 Å². The van der Waals surface area contributed by atoms with Crippen LogP contribution >= 0.6 is 11.8 Å². The molecule has 0 aromatic rings. The summed E-state index contributed by atoms with van der Waals surface area (Å²) < 4.78 is 0. The van der Waals surface area contributed by atoms with Gasteiger partial charge in [-0.1, -0.05) is 12.8 Å². The third kappa shape index (κ3) is 1.76. The lowest BCUT2D eigenvalue weighted by Gasteiger charge is -2.26. The molecule has 2 fully saturated rings. The van der Waals surface area contributed by atoms with E-state index in [1.165, 1.54) is 25.7 Å². The second kappa shape index (κ2) is 3.69. The van der Waals surface area contributed by atoms with E-state index in [-0.39, 0.29) is 5.91 Å². The first-order valence-electron chi connectivity index (χ1n) is 4.74. The number of rotatable bonds is 1. The molecule has 1 amide bonds. The summed E-state index contributed by atoms with van der Waals surface area (Å²) in [5, 5.41) is 3.66. The molecule has 12 heavy (non-hydrogen) atoms. The van der Waals surface area contributed by atoms with Crippen LogP contribution in [0.2, 0.25) is 0 Å². The molecule has 0 spiro atoms. The van der Waals surface area contributed by atoms with E-state index in [2.05, 4.69) is 5.32 Å². The molecule has 68 valence electrons. The summed E-state index contributed by atoms with van der Waals surface area (Å²) in [7, 11) is 0. The summed E-state index contributed by atoms with van der Waals surface area (Å²) in [5.74, 6) is 1.78. The van der Waals surface area contributed by atoms with Gasteiger partial charge in [-0.25, -0.2) is 0 Å². The van der Waals surface area contributed by atoms with Crippen molar-refractivity contribution in [1.29, 1.82) is 0 Å². The topological polar surface area (TPSA) is 29.1 Å². The van der Waals surface area contributed by atoms with Gasteiger partial charge < -0.3 is 5.32 Å². The Morgan fingerprint density at radius 2 is 2.08 bits per heavy atom. The number of amides is 1. The Morgan fingerprint density at radius 3 is 2.67 bits per heavy atom. The largest absolute Gasteiger partial charge is 0.354 e. The minimum absolute atomic E-state index is 0.217. The lowest BCUT2D eigenvalue weighted by Crippen LogP contribution is -2.40. The van der Waals surface area contributed by atoms with E-state index >= 15 is 0 Å². The highest BCUT2D eigenvalue weighted by molar-refractivity contribution is 8.00. The Morgan fingerprint density at radius 1 is 1.33 bits per heavy atom. The van der Waals surface area contributed by atoms with Gasteiger partial charge >= 0.3 is 0 Å². The lowest BCUT2D eigenvalue weighted by atomic mass is 10.0. The Labute approximate surface area is 77.5 Å². The van der Waals surface area contributed by atoms with Gasteiger partial charge in [-0.05, 0) is 18.8 Å². The van der Waals surface area contributed by atoms with Crippen LogP contribution in [0.4, 0.5) is 0 Å². The molecule has 0 aromatic heterocycles. The predicted molar refractivity (Wildman–Crippen MR) is 51.2 cm³/mol. The van der Waals surface area contributed by atoms with Crippen LogP contribution in [0.1, 0.15) is 25.7 Å². The Balaban J connectivity index is 1.84. The van der Waals surface area contributed by atoms with Crippen molar-refractivity contribution in [3.05, 3.63) is 0 Å². The van der Waals surface area contributed by atoms with E-state index in [0.717, 1.165) is 12.5 Å². The molecule has 0 radical (unpaired) electrons. The van der Waals surface area contributed by atoms with Crippen LogP contribution in [0.15, 0.2) is 0 Å². The van der Waals surface area contributed by atoms with Gasteiger partial charge in [-0.2, -0.15) is 0 Å². The zero-order valence-corrected chi connectivity index (χ0v) is 8.03. The first-order valence-corrected chi connectivity index (χ1v) is 5.79. The van der Waals surface area contributed by atoms with Crippen LogP contribution < -0.4 is 5.32 Å². The van der Waals surface area contributed by atoms with E-state index in [0.29, 0.717) is 11.0 Å².